The average molecular weight is 537 g/mol. The van der Waals surface area contributed by atoms with Crippen molar-refractivity contribution in [2.75, 3.05) is 12.9 Å². The van der Waals surface area contributed by atoms with Gasteiger partial charge in [-0.1, -0.05) is 45.0 Å². The monoisotopic (exact) mass is 536 g/mol. The molecule has 0 unspecified atom stereocenters. The number of nitrogens with two attached hydrogens (primary N) is 1. The van der Waals surface area contributed by atoms with Crippen molar-refractivity contribution < 1.29 is 26.3 Å². The van der Waals surface area contributed by atoms with Crippen molar-refractivity contribution in [2.45, 2.75) is 31.8 Å². The second-order valence-corrected chi connectivity index (χ2v) is 12.3. The summed E-state index contributed by atoms with van der Waals surface area (Å²) < 4.78 is 69.7. The zero-order chi connectivity index (χ0) is 26.7. The zero-order valence-electron chi connectivity index (χ0n) is 20.3. The van der Waals surface area contributed by atoms with Gasteiger partial charge in [-0.2, -0.15) is 13.2 Å². The lowest BCUT2D eigenvalue weighted by Gasteiger charge is -2.19. The summed E-state index contributed by atoms with van der Waals surface area (Å²) in [6, 6.07) is 14.8. The summed E-state index contributed by atoms with van der Waals surface area (Å²) >= 11 is 1.17. The minimum Gasteiger partial charge on any atom is -0.491 e. The molecule has 1 heterocycles. The lowest BCUT2D eigenvalue weighted by Crippen LogP contribution is -2.20. The highest BCUT2D eigenvalue weighted by Gasteiger charge is 2.32. The molecule has 0 saturated carbocycles. The Labute approximate surface area is 213 Å². The predicted molar refractivity (Wildman–Crippen MR) is 139 cm³/mol. The Hall–Kier alpha value is -3.11. The van der Waals surface area contributed by atoms with Gasteiger partial charge in [-0.05, 0) is 58.3 Å². The first-order chi connectivity index (χ1) is 16.6. The van der Waals surface area contributed by atoms with Gasteiger partial charge in [0.25, 0.3) is 0 Å². The Morgan fingerprint density at radius 3 is 2.39 bits per heavy atom. The first-order valence-corrected chi connectivity index (χ1v) is 13.6. The number of halogens is 3. The van der Waals surface area contributed by atoms with E-state index in [0.29, 0.717) is 34.0 Å². The van der Waals surface area contributed by atoms with E-state index in [2.05, 4.69) is 4.99 Å². The third kappa shape index (κ3) is 7.44. The van der Waals surface area contributed by atoms with E-state index >= 15 is 0 Å². The molecule has 10 heteroatoms. The lowest BCUT2D eigenvalue weighted by atomic mass is 9.99. The Bertz CT molecular complexity index is 1400. The minimum atomic E-state index is -4.73. The molecule has 2 N–H and O–H groups in total. The molecule has 0 fully saturated rings. The topological polar surface area (TPSA) is 81.8 Å². The summed E-state index contributed by atoms with van der Waals surface area (Å²) in [4.78, 5) is 5.07. The largest absolute Gasteiger partial charge is 0.491 e. The van der Waals surface area contributed by atoms with Crippen LogP contribution in [-0.2, 0) is 9.84 Å². The maximum atomic E-state index is 13.3. The van der Waals surface area contributed by atoms with E-state index in [-0.39, 0.29) is 16.0 Å². The number of alkyl halides is 3. The van der Waals surface area contributed by atoms with Crippen molar-refractivity contribution in [3.05, 3.63) is 76.6 Å². The molecule has 3 aromatic rings. The van der Waals surface area contributed by atoms with E-state index < -0.39 is 21.7 Å². The van der Waals surface area contributed by atoms with Gasteiger partial charge in [0.15, 0.2) is 9.84 Å². The number of sulfone groups is 1. The van der Waals surface area contributed by atoms with E-state index in [4.69, 9.17) is 10.5 Å². The second-order valence-electron chi connectivity index (χ2n) is 9.41. The normalized spacial score (nSPS) is 13.6. The standard InChI is InChI=1S/C26H27F3N2O3S2/c1-25(2,3)16-34-22-11-6-5-10-20(22)31-21(14-24(30)26(27,28)29)23-13-18(15-35-23)17-8-7-9-19(12-17)36(4,32)33/h5-15H,16,30H2,1-4H3. The number of ether oxygens (including phenoxy) is 1. The quantitative estimate of drug-likeness (QED) is 0.338. The van der Waals surface area contributed by atoms with Crippen molar-refractivity contribution in [2.24, 2.45) is 16.1 Å². The summed E-state index contributed by atoms with van der Waals surface area (Å²) in [5.74, 6) is 0.432. The molecule has 0 aliphatic heterocycles. The number of nitrogens with zero attached hydrogens (tertiary/aromatic N) is 1. The molecule has 0 aliphatic rings. The Morgan fingerprint density at radius 1 is 1.06 bits per heavy atom. The van der Waals surface area contributed by atoms with E-state index in [1.54, 1.807) is 47.8 Å². The molecule has 0 atom stereocenters. The molecule has 1 aromatic heterocycles. The average Bonchev–Trinajstić information content (AvgIpc) is 3.26. The van der Waals surface area contributed by atoms with Crippen LogP contribution in [0.5, 0.6) is 5.75 Å². The molecule has 0 aliphatic carbocycles. The lowest BCUT2D eigenvalue weighted by molar-refractivity contribution is -0.0925. The number of hydrogen-bond acceptors (Lipinski definition) is 6. The third-order valence-corrected chi connectivity index (χ3v) is 6.90. The van der Waals surface area contributed by atoms with Crippen LogP contribution in [-0.4, -0.2) is 33.2 Å². The number of hydrogen-bond donors (Lipinski definition) is 1. The van der Waals surface area contributed by atoms with Crippen LogP contribution in [0.4, 0.5) is 18.9 Å². The van der Waals surface area contributed by atoms with Crippen molar-refractivity contribution >= 4 is 32.6 Å². The van der Waals surface area contributed by atoms with Crippen LogP contribution >= 0.6 is 11.3 Å². The summed E-state index contributed by atoms with van der Waals surface area (Å²) in [6.45, 7) is 6.39. The van der Waals surface area contributed by atoms with Crippen molar-refractivity contribution in [1.29, 1.82) is 0 Å². The molecule has 0 spiro atoms. The second kappa shape index (κ2) is 10.5. The van der Waals surface area contributed by atoms with Gasteiger partial charge in [0, 0.05) is 6.26 Å². The first kappa shape index (κ1) is 27.5. The van der Waals surface area contributed by atoms with E-state index in [1.807, 2.05) is 20.8 Å². The molecular formula is C26H27F3N2O3S2. The van der Waals surface area contributed by atoms with E-state index in [1.165, 1.54) is 23.5 Å². The number of benzene rings is 2. The Kier molecular flexibility index (Phi) is 8.00. The van der Waals surface area contributed by atoms with Crippen molar-refractivity contribution in [3.63, 3.8) is 0 Å². The fourth-order valence-electron chi connectivity index (χ4n) is 3.01. The van der Waals surface area contributed by atoms with Crippen LogP contribution in [0.1, 0.15) is 25.6 Å². The molecule has 2 aromatic carbocycles. The maximum absolute atomic E-state index is 13.3. The molecule has 5 nitrogen and oxygen atoms in total. The molecular weight excluding hydrogens is 509 g/mol. The minimum absolute atomic E-state index is 0.00662. The molecule has 36 heavy (non-hydrogen) atoms. The van der Waals surface area contributed by atoms with E-state index in [0.717, 1.165) is 12.3 Å². The number of para-hydroxylation sites is 2. The van der Waals surface area contributed by atoms with Gasteiger partial charge < -0.3 is 10.5 Å². The summed E-state index contributed by atoms with van der Waals surface area (Å²) in [5, 5.41) is 1.73. The molecule has 0 bridgehead atoms. The maximum Gasteiger partial charge on any atom is 0.430 e. The predicted octanol–water partition coefficient (Wildman–Crippen LogP) is 6.77. The smallest absolute Gasteiger partial charge is 0.430 e. The van der Waals surface area contributed by atoms with Crippen LogP contribution in [0.25, 0.3) is 11.1 Å². The Balaban J connectivity index is 2.09. The number of thiophene rings is 1. The molecule has 192 valence electrons. The highest BCUT2D eigenvalue weighted by molar-refractivity contribution is 7.90. The van der Waals surface area contributed by atoms with Crippen molar-refractivity contribution in [3.8, 4) is 16.9 Å². The van der Waals surface area contributed by atoms with Gasteiger partial charge in [0.1, 0.15) is 17.1 Å². The third-order valence-electron chi connectivity index (χ3n) is 4.83. The van der Waals surface area contributed by atoms with Crippen LogP contribution in [0.2, 0.25) is 0 Å². The number of allylic oxidation sites excluding steroid dienone is 2. The van der Waals surface area contributed by atoms with Gasteiger partial charge in [-0.15, -0.1) is 11.3 Å². The number of rotatable bonds is 7. The zero-order valence-corrected chi connectivity index (χ0v) is 21.9. The highest BCUT2D eigenvalue weighted by Crippen LogP contribution is 2.33. The molecule has 0 amide bonds. The fourth-order valence-corrected chi connectivity index (χ4v) is 4.56. The molecule has 0 saturated heterocycles. The first-order valence-electron chi connectivity index (χ1n) is 10.9. The summed E-state index contributed by atoms with van der Waals surface area (Å²) in [7, 11) is -3.42. The van der Waals surface area contributed by atoms with E-state index in [9.17, 15) is 21.6 Å². The van der Waals surface area contributed by atoms with Crippen molar-refractivity contribution in [1.82, 2.24) is 0 Å². The van der Waals surface area contributed by atoms with Crippen LogP contribution in [0.3, 0.4) is 0 Å². The summed E-state index contributed by atoms with van der Waals surface area (Å²) in [6.07, 6.45) is -2.82. The van der Waals surface area contributed by atoms with Gasteiger partial charge in [0.05, 0.1) is 22.1 Å². The highest BCUT2D eigenvalue weighted by atomic mass is 32.2. The summed E-state index contributed by atoms with van der Waals surface area (Å²) in [5.41, 5.74) is 5.54. The fraction of sp³-hybridized carbons (Fsp3) is 0.269. The van der Waals surface area contributed by atoms with Crippen LogP contribution in [0, 0.1) is 5.41 Å². The van der Waals surface area contributed by atoms with Gasteiger partial charge >= 0.3 is 6.18 Å². The van der Waals surface area contributed by atoms with Crippen LogP contribution < -0.4 is 10.5 Å². The van der Waals surface area contributed by atoms with Crippen LogP contribution in [0.15, 0.2) is 81.6 Å². The Morgan fingerprint density at radius 2 is 1.75 bits per heavy atom. The number of aliphatic imine (C=N–C) groups is 1. The molecule has 0 radical (unpaired) electrons. The molecule has 3 rings (SSSR count). The van der Waals surface area contributed by atoms with Gasteiger partial charge in [-0.25, -0.2) is 13.4 Å². The van der Waals surface area contributed by atoms with Gasteiger partial charge in [0.2, 0.25) is 0 Å². The van der Waals surface area contributed by atoms with Gasteiger partial charge in [-0.3, -0.25) is 0 Å². The SMILES string of the molecule is CC(C)(C)COc1ccccc1N=C(C=C(N)C(F)(F)F)c1cc(-c2cccc(S(C)(=O)=O)c2)cs1.